The molecule has 1 rings (SSSR count). The topological polar surface area (TPSA) is 21.3 Å². The fourth-order valence-electron chi connectivity index (χ4n) is 1.06. The molecule has 0 radical (unpaired) electrons. The van der Waals surface area contributed by atoms with Gasteiger partial charge in [-0.2, -0.15) is 0 Å². The molecular formula is C6H11F2NO. The molecule has 1 heterocycles. The molecular weight excluding hydrogens is 140 g/mol. The van der Waals surface area contributed by atoms with Crippen molar-refractivity contribution in [3.8, 4) is 0 Å². The van der Waals surface area contributed by atoms with Gasteiger partial charge < -0.3 is 10.1 Å². The van der Waals surface area contributed by atoms with E-state index in [1.54, 1.807) is 0 Å². The van der Waals surface area contributed by atoms with Gasteiger partial charge in [-0.05, 0) is 0 Å². The predicted molar refractivity (Wildman–Crippen MR) is 33.2 cm³/mol. The van der Waals surface area contributed by atoms with Crippen molar-refractivity contribution in [3.63, 3.8) is 0 Å². The maximum atomic E-state index is 12.5. The Hall–Kier alpha value is -0.220. The predicted octanol–water partition coefficient (Wildman–Crippen LogP) is 0.630. The monoisotopic (exact) mass is 151 g/mol. The number of alkyl halides is 2. The van der Waals surface area contributed by atoms with E-state index in [1.165, 1.54) is 7.11 Å². The van der Waals surface area contributed by atoms with Crippen LogP contribution in [0.3, 0.4) is 0 Å². The van der Waals surface area contributed by atoms with Crippen LogP contribution in [0.5, 0.6) is 0 Å². The normalized spacial score (nSPS) is 32.1. The summed E-state index contributed by atoms with van der Waals surface area (Å²) in [6.45, 7) is 0.318. The molecule has 4 heteroatoms. The maximum absolute atomic E-state index is 12.5. The number of rotatable bonds is 1. The van der Waals surface area contributed by atoms with E-state index in [0.717, 1.165) is 0 Å². The van der Waals surface area contributed by atoms with E-state index in [2.05, 4.69) is 5.32 Å². The number of hydrogen-bond acceptors (Lipinski definition) is 2. The molecule has 1 fully saturated rings. The number of ether oxygens (including phenoxy) is 1. The highest BCUT2D eigenvalue weighted by molar-refractivity contribution is 4.81. The molecule has 1 saturated heterocycles. The Bertz CT molecular complexity index is 118. The van der Waals surface area contributed by atoms with Gasteiger partial charge in [0.25, 0.3) is 5.92 Å². The molecule has 0 bridgehead atoms. The van der Waals surface area contributed by atoms with E-state index in [-0.39, 0.29) is 19.1 Å². The van der Waals surface area contributed by atoms with Crippen molar-refractivity contribution < 1.29 is 13.5 Å². The van der Waals surface area contributed by atoms with Crippen molar-refractivity contribution >= 4 is 0 Å². The Morgan fingerprint density at radius 2 is 2.30 bits per heavy atom. The van der Waals surface area contributed by atoms with E-state index in [0.29, 0.717) is 6.54 Å². The van der Waals surface area contributed by atoms with Crippen molar-refractivity contribution in [1.29, 1.82) is 0 Å². The molecule has 0 amide bonds. The molecule has 0 aromatic rings. The minimum atomic E-state index is -2.58. The first kappa shape index (κ1) is 7.88. The highest BCUT2D eigenvalue weighted by atomic mass is 19.3. The van der Waals surface area contributed by atoms with Crippen molar-refractivity contribution in [2.24, 2.45) is 0 Å². The molecule has 0 aromatic carbocycles. The van der Waals surface area contributed by atoms with Gasteiger partial charge in [0.15, 0.2) is 0 Å². The lowest BCUT2D eigenvalue weighted by molar-refractivity contribution is -0.0741. The molecule has 1 aliphatic heterocycles. The first-order valence-electron chi connectivity index (χ1n) is 3.25. The molecule has 1 N–H and O–H groups in total. The highest BCUT2D eigenvalue weighted by Crippen LogP contribution is 2.23. The zero-order valence-electron chi connectivity index (χ0n) is 5.86. The van der Waals surface area contributed by atoms with Crippen LogP contribution >= 0.6 is 0 Å². The summed E-state index contributed by atoms with van der Waals surface area (Å²) in [6.07, 6.45) is -0.486. The standard InChI is InChI=1S/C6H11F2NO/c1-10-5-2-6(7,8)4-9-3-5/h5,9H,2-4H2,1H3. The van der Waals surface area contributed by atoms with Crippen molar-refractivity contribution in [3.05, 3.63) is 0 Å². The van der Waals surface area contributed by atoms with E-state index >= 15 is 0 Å². The van der Waals surface area contributed by atoms with E-state index < -0.39 is 5.92 Å². The number of hydrogen-bond donors (Lipinski definition) is 1. The molecule has 0 spiro atoms. The van der Waals surface area contributed by atoms with Gasteiger partial charge in [0, 0.05) is 20.1 Å². The van der Waals surface area contributed by atoms with Crippen molar-refractivity contribution in [1.82, 2.24) is 5.32 Å². The summed E-state index contributed by atoms with van der Waals surface area (Å²) >= 11 is 0. The molecule has 0 saturated carbocycles. The molecule has 10 heavy (non-hydrogen) atoms. The van der Waals surface area contributed by atoms with E-state index in [1.807, 2.05) is 0 Å². The number of nitrogens with one attached hydrogen (secondary N) is 1. The van der Waals surface area contributed by atoms with Gasteiger partial charge in [0.2, 0.25) is 0 Å². The number of halogens is 2. The number of methoxy groups -OCH3 is 1. The van der Waals surface area contributed by atoms with E-state index in [4.69, 9.17) is 4.74 Å². The first-order chi connectivity index (χ1) is 4.64. The van der Waals surface area contributed by atoms with Crippen LogP contribution in [0.25, 0.3) is 0 Å². The lowest BCUT2D eigenvalue weighted by atomic mass is 10.1. The summed E-state index contributed by atoms with van der Waals surface area (Å²) < 4.78 is 29.8. The van der Waals surface area contributed by atoms with Gasteiger partial charge in [-0.1, -0.05) is 0 Å². The lowest BCUT2D eigenvalue weighted by Crippen LogP contribution is -2.47. The largest absolute Gasteiger partial charge is 0.380 e. The van der Waals surface area contributed by atoms with Crippen molar-refractivity contribution in [2.45, 2.75) is 18.4 Å². The third-order valence-corrected chi connectivity index (χ3v) is 1.62. The van der Waals surface area contributed by atoms with Gasteiger partial charge in [-0.15, -0.1) is 0 Å². The van der Waals surface area contributed by atoms with Gasteiger partial charge in [0.1, 0.15) is 0 Å². The fraction of sp³-hybridized carbons (Fsp3) is 1.00. The average Bonchev–Trinajstić information content (AvgIpc) is 1.86. The summed E-state index contributed by atoms with van der Waals surface area (Å²) in [4.78, 5) is 0. The first-order valence-corrected chi connectivity index (χ1v) is 3.25. The molecule has 0 aliphatic carbocycles. The Labute approximate surface area is 58.6 Å². The minimum absolute atomic E-state index is 0.156. The molecule has 1 unspecified atom stereocenters. The van der Waals surface area contributed by atoms with Crippen LogP contribution in [0.4, 0.5) is 8.78 Å². The molecule has 1 atom stereocenters. The van der Waals surface area contributed by atoms with Crippen LogP contribution in [0.2, 0.25) is 0 Å². The molecule has 60 valence electrons. The van der Waals surface area contributed by atoms with E-state index in [9.17, 15) is 8.78 Å². The third kappa shape index (κ3) is 1.88. The van der Waals surface area contributed by atoms with Crippen molar-refractivity contribution in [2.75, 3.05) is 20.2 Å². The van der Waals surface area contributed by atoms with Gasteiger partial charge >= 0.3 is 0 Å². The Kier molecular flexibility index (Phi) is 2.21. The van der Waals surface area contributed by atoms with Crippen LogP contribution in [-0.4, -0.2) is 32.2 Å². The van der Waals surface area contributed by atoms with Gasteiger partial charge in [0.05, 0.1) is 12.6 Å². The fourth-order valence-corrected chi connectivity index (χ4v) is 1.06. The number of piperidine rings is 1. The summed E-state index contributed by atoms with van der Waals surface area (Å²) in [5.41, 5.74) is 0. The Morgan fingerprint density at radius 3 is 2.70 bits per heavy atom. The average molecular weight is 151 g/mol. The summed E-state index contributed by atoms with van der Waals surface area (Å²) in [7, 11) is 1.45. The zero-order valence-corrected chi connectivity index (χ0v) is 5.86. The van der Waals surface area contributed by atoms with Crippen LogP contribution in [0, 0.1) is 0 Å². The van der Waals surface area contributed by atoms with Crippen LogP contribution in [0.1, 0.15) is 6.42 Å². The van der Waals surface area contributed by atoms with Gasteiger partial charge in [-0.3, -0.25) is 0 Å². The quantitative estimate of drug-likeness (QED) is 0.593. The zero-order chi connectivity index (χ0) is 7.61. The molecule has 1 aliphatic rings. The summed E-state index contributed by atoms with van der Waals surface area (Å²) in [5, 5.41) is 2.60. The summed E-state index contributed by atoms with van der Waals surface area (Å²) in [6, 6.07) is 0. The third-order valence-electron chi connectivity index (χ3n) is 1.62. The smallest absolute Gasteiger partial charge is 0.262 e. The summed E-state index contributed by atoms with van der Waals surface area (Å²) in [5.74, 6) is -2.58. The Balaban J connectivity index is 2.40. The maximum Gasteiger partial charge on any atom is 0.262 e. The van der Waals surface area contributed by atoms with Gasteiger partial charge in [-0.25, -0.2) is 8.78 Å². The van der Waals surface area contributed by atoms with Crippen LogP contribution in [-0.2, 0) is 4.74 Å². The second-order valence-corrected chi connectivity index (χ2v) is 2.55. The minimum Gasteiger partial charge on any atom is -0.380 e. The van der Waals surface area contributed by atoms with Crippen LogP contribution < -0.4 is 5.32 Å². The molecule has 0 aromatic heterocycles. The lowest BCUT2D eigenvalue weighted by Gasteiger charge is -2.28. The Morgan fingerprint density at radius 1 is 1.60 bits per heavy atom. The molecule has 2 nitrogen and oxygen atoms in total. The van der Waals surface area contributed by atoms with Crippen LogP contribution in [0.15, 0.2) is 0 Å². The second-order valence-electron chi connectivity index (χ2n) is 2.55. The SMILES string of the molecule is COC1CNCC(F)(F)C1. The second kappa shape index (κ2) is 2.80. The highest BCUT2D eigenvalue weighted by Gasteiger charge is 2.36.